The van der Waals surface area contributed by atoms with Crippen LogP contribution in [0, 0.1) is 0 Å². The van der Waals surface area contributed by atoms with Crippen LogP contribution in [0.2, 0.25) is 0 Å². The maximum absolute atomic E-state index is 6.22. The summed E-state index contributed by atoms with van der Waals surface area (Å²) >= 11 is 5.81. The molecule has 43 heavy (non-hydrogen) atoms. The van der Waals surface area contributed by atoms with Crippen molar-refractivity contribution in [1.29, 1.82) is 0 Å². The van der Waals surface area contributed by atoms with E-state index < -0.39 is 0 Å². The monoisotopic (exact) mass is 591 g/mol. The predicted octanol–water partition coefficient (Wildman–Crippen LogP) is 9.25. The molecule has 0 saturated carbocycles. The van der Waals surface area contributed by atoms with Crippen molar-refractivity contribution in [3.05, 3.63) is 138 Å². The Balaban J connectivity index is 0.000000196. The Morgan fingerprint density at radius 2 is 1.23 bits per heavy atom. The van der Waals surface area contributed by atoms with Crippen LogP contribution in [0.5, 0.6) is 17.2 Å². The zero-order valence-electron chi connectivity index (χ0n) is 25.0. The molecule has 5 aromatic carbocycles. The molecule has 6 rings (SSSR count). The number of fused-ring (bicyclic) bond motifs is 1. The van der Waals surface area contributed by atoms with Crippen molar-refractivity contribution in [2.45, 2.75) is 31.5 Å². The van der Waals surface area contributed by atoms with E-state index in [4.69, 9.17) is 25.8 Å². The molecular formula is C38H38ClNO3. The van der Waals surface area contributed by atoms with Crippen molar-refractivity contribution in [3.63, 3.8) is 0 Å². The second-order valence-electron chi connectivity index (χ2n) is 10.6. The van der Waals surface area contributed by atoms with Crippen molar-refractivity contribution in [2.75, 3.05) is 21.3 Å². The van der Waals surface area contributed by atoms with Crippen LogP contribution >= 0.6 is 11.6 Å². The molecule has 5 heteroatoms. The number of para-hydroxylation sites is 1. The lowest BCUT2D eigenvalue weighted by molar-refractivity contribution is 0.0226. The van der Waals surface area contributed by atoms with E-state index in [1.54, 1.807) is 14.2 Å². The molecule has 1 heterocycles. The fourth-order valence-corrected chi connectivity index (χ4v) is 5.43. The zero-order valence-corrected chi connectivity index (χ0v) is 25.8. The topological polar surface area (TPSA) is 30.9 Å². The lowest BCUT2D eigenvalue weighted by atomic mass is 10.0. The number of hydrogen-bond acceptors (Lipinski definition) is 4. The van der Waals surface area contributed by atoms with Crippen molar-refractivity contribution < 1.29 is 14.2 Å². The maximum Gasteiger partial charge on any atom is 0.153 e. The molecule has 5 aromatic rings. The smallest absolute Gasteiger partial charge is 0.153 e. The Morgan fingerprint density at radius 3 is 1.81 bits per heavy atom. The average molecular weight is 592 g/mol. The third kappa shape index (κ3) is 7.98. The summed E-state index contributed by atoms with van der Waals surface area (Å²) in [6, 6.07) is 41.5. The fraction of sp³-hybridized carbons (Fsp3) is 0.211. The third-order valence-electron chi connectivity index (χ3n) is 7.67. The molecule has 1 aliphatic heterocycles. The fourth-order valence-electron chi connectivity index (χ4n) is 5.26. The lowest BCUT2D eigenvalue weighted by Crippen LogP contribution is -2.38. The molecule has 0 spiro atoms. The van der Waals surface area contributed by atoms with Gasteiger partial charge in [-0.25, -0.2) is 0 Å². The SMILES string of the molecule is COc1ccc(-c2cccc(CCl)c2)cc1.COc1ccc(-c2cccc(CN(C)C3CCc4ccccc4O3)c2)cc1. The summed E-state index contributed by atoms with van der Waals surface area (Å²) in [5, 5.41) is 0. The minimum Gasteiger partial charge on any atom is -0.497 e. The number of rotatable bonds is 8. The standard InChI is InChI=1S/C24H25NO2.C14H13ClO/c1-25(24-15-12-20-7-3-4-9-23(20)27-24)17-18-6-5-8-21(16-18)19-10-13-22(26-2)14-11-19;1-16-14-7-5-12(6-8-14)13-4-2-3-11(9-13)10-15/h3-11,13-14,16,24H,12,15,17H2,1-2H3;2-9H,10H2,1H3. The quantitative estimate of drug-likeness (QED) is 0.168. The Bertz CT molecular complexity index is 1600. The number of ether oxygens (including phenoxy) is 3. The van der Waals surface area contributed by atoms with Crippen LogP contribution in [0.1, 0.15) is 23.1 Å². The van der Waals surface area contributed by atoms with Gasteiger partial charge < -0.3 is 14.2 Å². The molecule has 0 amide bonds. The summed E-state index contributed by atoms with van der Waals surface area (Å²) in [7, 11) is 5.50. The first-order chi connectivity index (χ1) is 21.1. The van der Waals surface area contributed by atoms with Crippen molar-refractivity contribution in [2.24, 2.45) is 0 Å². The van der Waals surface area contributed by atoms with Crippen LogP contribution in [-0.4, -0.2) is 32.4 Å². The Morgan fingerprint density at radius 1 is 0.674 bits per heavy atom. The van der Waals surface area contributed by atoms with Crippen LogP contribution in [0.3, 0.4) is 0 Å². The summed E-state index contributed by atoms with van der Waals surface area (Å²) < 4.78 is 16.6. The number of halogens is 1. The first kappa shape index (κ1) is 30.2. The molecule has 1 aliphatic rings. The van der Waals surface area contributed by atoms with Gasteiger partial charge in [-0.15, -0.1) is 11.6 Å². The first-order valence-electron chi connectivity index (χ1n) is 14.5. The Kier molecular flexibility index (Phi) is 10.4. The van der Waals surface area contributed by atoms with E-state index in [-0.39, 0.29) is 6.23 Å². The van der Waals surface area contributed by atoms with Gasteiger partial charge in [-0.2, -0.15) is 0 Å². The zero-order chi connectivity index (χ0) is 30.0. The largest absolute Gasteiger partial charge is 0.497 e. The number of aryl methyl sites for hydroxylation is 1. The van der Waals surface area contributed by atoms with E-state index in [1.807, 2.05) is 54.6 Å². The van der Waals surface area contributed by atoms with E-state index in [1.165, 1.54) is 33.4 Å². The van der Waals surface area contributed by atoms with Crippen LogP contribution < -0.4 is 14.2 Å². The van der Waals surface area contributed by atoms with Gasteiger partial charge >= 0.3 is 0 Å². The molecular weight excluding hydrogens is 554 g/mol. The van der Waals surface area contributed by atoms with Crippen LogP contribution in [0.25, 0.3) is 22.3 Å². The van der Waals surface area contributed by atoms with Gasteiger partial charge in [0.05, 0.1) is 14.2 Å². The molecule has 1 atom stereocenters. The normalized spacial score (nSPS) is 13.7. The average Bonchev–Trinajstić information content (AvgIpc) is 3.08. The van der Waals surface area contributed by atoms with E-state index in [2.05, 4.69) is 78.7 Å². The highest BCUT2D eigenvalue weighted by atomic mass is 35.5. The maximum atomic E-state index is 6.22. The first-order valence-corrected chi connectivity index (χ1v) is 15.1. The van der Waals surface area contributed by atoms with Crippen molar-refractivity contribution >= 4 is 11.6 Å². The van der Waals surface area contributed by atoms with Gasteiger partial charge in [0.2, 0.25) is 0 Å². The Hall–Kier alpha value is -4.25. The van der Waals surface area contributed by atoms with E-state index in [0.717, 1.165) is 42.2 Å². The highest BCUT2D eigenvalue weighted by Crippen LogP contribution is 2.29. The molecule has 220 valence electrons. The Labute approximate surface area is 260 Å². The molecule has 0 bridgehead atoms. The lowest BCUT2D eigenvalue weighted by Gasteiger charge is -2.33. The summed E-state index contributed by atoms with van der Waals surface area (Å²) in [4.78, 5) is 2.29. The second-order valence-corrected chi connectivity index (χ2v) is 10.9. The van der Waals surface area contributed by atoms with Crippen molar-refractivity contribution in [3.8, 4) is 39.5 Å². The predicted molar refractivity (Wildman–Crippen MR) is 177 cm³/mol. The molecule has 0 N–H and O–H groups in total. The van der Waals surface area contributed by atoms with Gasteiger partial charge in [0.15, 0.2) is 6.23 Å². The summed E-state index contributed by atoms with van der Waals surface area (Å²) in [6.45, 7) is 0.858. The molecule has 0 saturated heterocycles. The minimum absolute atomic E-state index is 0.115. The molecule has 1 unspecified atom stereocenters. The summed E-state index contributed by atoms with van der Waals surface area (Å²) in [5.74, 6) is 3.32. The number of methoxy groups -OCH3 is 2. The summed E-state index contributed by atoms with van der Waals surface area (Å²) in [6.07, 6.45) is 2.20. The van der Waals surface area contributed by atoms with E-state index in [0.29, 0.717) is 5.88 Å². The molecule has 4 nitrogen and oxygen atoms in total. The van der Waals surface area contributed by atoms with Gasteiger partial charge in [0.1, 0.15) is 17.2 Å². The second kappa shape index (κ2) is 14.8. The summed E-state index contributed by atoms with van der Waals surface area (Å²) in [5.41, 5.74) is 8.50. The van der Waals surface area contributed by atoms with E-state index in [9.17, 15) is 0 Å². The number of alkyl halides is 1. The number of nitrogens with zero attached hydrogens (tertiary/aromatic N) is 1. The van der Waals surface area contributed by atoms with Gasteiger partial charge in [-0.3, -0.25) is 4.90 Å². The van der Waals surface area contributed by atoms with Gasteiger partial charge in [0.25, 0.3) is 0 Å². The minimum atomic E-state index is 0.115. The highest BCUT2D eigenvalue weighted by molar-refractivity contribution is 6.17. The van der Waals surface area contributed by atoms with Crippen LogP contribution in [0.15, 0.2) is 121 Å². The third-order valence-corrected chi connectivity index (χ3v) is 7.98. The van der Waals surface area contributed by atoms with Crippen LogP contribution in [0.4, 0.5) is 0 Å². The van der Waals surface area contributed by atoms with Gasteiger partial charge in [0, 0.05) is 18.8 Å². The molecule has 0 radical (unpaired) electrons. The van der Waals surface area contributed by atoms with Crippen molar-refractivity contribution in [1.82, 2.24) is 4.90 Å². The molecule has 0 aromatic heterocycles. The number of benzene rings is 5. The van der Waals surface area contributed by atoms with Crippen LogP contribution in [-0.2, 0) is 18.8 Å². The molecule has 0 aliphatic carbocycles. The van der Waals surface area contributed by atoms with Gasteiger partial charge in [-0.1, -0.05) is 78.9 Å². The van der Waals surface area contributed by atoms with Gasteiger partial charge in [-0.05, 0) is 94.9 Å². The van der Waals surface area contributed by atoms with E-state index >= 15 is 0 Å². The highest BCUT2D eigenvalue weighted by Gasteiger charge is 2.23. The number of hydrogen-bond donors (Lipinski definition) is 0. The molecule has 0 fully saturated rings.